The molecule has 0 bridgehead atoms. The van der Waals surface area contributed by atoms with E-state index in [0.717, 1.165) is 44.3 Å². The van der Waals surface area contributed by atoms with Crippen LogP contribution in [0.1, 0.15) is 0 Å². The maximum Gasteiger partial charge on any atom is 0.165 e. The fourth-order valence-corrected chi connectivity index (χ4v) is 5.47. The summed E-state index contributed by atoms with van der Waals surface area (Å²) in [6, 6.07) is 29.7. The normalized spacial score (nSPS) is 12.1. The molecule has 5 heterocycles. The Bertz CT molecular complexity index is 2070. The van der Waals surface area contributed by atoms with E-state index < -0.39 is 0 Å². The lowest BCUT2D eigenvalue weighted by atomic mass is 10.0. The summed E-state index contributed by atoms with van der Waals surface area (Å²) in [5.41, 5.74) is 7.13. The number of nitrogens with zero attached hydrogens (tertiary/aromatic N) is 5. The highest BCUT2D eigenvalue weighted by Crippen LogP contribution is 2.41. The van der Waals surface area contributed by atoms with Crippen LogP contribution >= 0.6 is 0 Å². The molecule has 0 saturated carbocycles. The summed E-state index contributed by atoms with van der Waals surface area (Å²) in [4.78, 5) is 14.2. The molecule has 0 unspecified atom stereocenters. The van der Waals surface area contributed by atoms with Crippen LogP contribution in [-0.4, -0.2) is 23.9 Å². The van der Waals surface area contributed by atoms with Crippen LogP contribution in [0.25, 0.3) is 66.0 Å². The minimum absolute atomic E-state index is 0.848. The minimum atomic E-state index is 0.848. The van der Waals surface area contributed by atoms with Gasteiger partial charge < -0.3 is 4.57 Å². The van der Waals surface area contributed by atoms with Crippen LogP contribution < -0.4 is 0 Å². The third-order valence-corrected chi connectivity index (χ3v) is 6.82. The molecule has 0 fully saturated rings. The Labute approximate surface area is 193 Å². The third-order valence-electron chi connectivity index (χ3n) is 6.82. The second-order valence-electron chi connectivity index (χ2n) is 8.58. The largest absolute Gasteiger partial charge is 0.309 e. The highest BCUT2D eigenvalue weighted by molar-refractivity contribution is 6.29. The molecule has 0 amide bonds. The highest BCUT2D eigenvalue weighted by atomic mass is 15.1. The van der Waals surface area contributed by atoms with Crippen LogP contribution in [0.3, 0.4) is 0 Å². The molecule has 0 saturated heterocycles. The van der Waals surface area contributed by atoms with Gasteiger partial charge in [-0.3, -0.25) is 9.38 Å². The molecule has 34 heavy (non-hydrogen) atoms. The summed E-state index contributed by atoms with van der Waals surface area (Å²) in [7, 11) is 0. The van der Waals surface area contributed by atoms with E-state index in [1.165, 1.54) is 21.7 Å². The zero-order valence-electron chi connectivity index (χ0n) is 18.1. The van der Waals surface area contributed by atoms with Crippen LogP contribution in [0.5, 0.6) is 0 Å². The number of pyridine rings is 3. The number of imidazole rings is 1. The van der Waals surface area contributed by atoms with Crippen LogP contribution in [0, 0.1) is 0 Å². The van der Waals surface area contributed by atoms with Gasteiger partial charge in [0.15, 0.2) is 5.65 Å². The van der Waals surface area contributed by atoms with E-state index in [2.05, 4.69) is 91.7 Å². The van der Waals surface area contributed by atoms with Crippen molar-refractivity contribution in [2.45, 2.75) is 0 Å². The van der Waals surface area contributed by atoms with E-state index in [0.29, 0.717) is 0 Å². The molecular formula is C29H17N5. The zero-order chi connectivity index (χ0) is 22.2. The van der Waals surface area contributed by atoms with E-state index in [-0.39, 0.29) is 0 Å². The first-order valence-corrected chi connectivity index (χ1v) is 11.3. The summed E-state index contributed by atoms with van der Waals surface area (Å²) in [6.07, 6.45) is 5.59. The van der Waals surface area contributed by atoms with E-state index in [1.54, 1.807) is 0 Å². The first-order valence-electron chi connectivity index (χ1n) is 11.3. The quantitative estimate of drug-likeness (QED) is 0.270. The average molecular weight is 435 g/mol. The molecule has 5 nitrogen and oxygen atoms in total. The molecular weight excluding hydrogens is 418 g/mol. The van der Waals surface area contributed by atoms with Gasteiger partial charge in [0.05, 0.1) is 22.7 Å². The van der Waals surface area contributed by atoms with Crippen molar-refractivity contribution in [2.75, 3.05) is 0 Å². The van der Waals surface area contributed by atoms with E-state index >= 15 is 0 Å². The van der Waals surface area contributed by atoms with Crippen molar-refractivity contribution in [3.8, 4) is 5.69 Å². The van der Waals surface area contributed by atoms with E-state index in [1.807, 2.05) is 30.7 Å². The van der Waals surface area contributed by atoms with Crippen LogP contribution in [0.4, 0.5) is 0 Å². The molecule has 3 aromatic carbocycles. The highest BCUT2D eigenvalue weighted by Gasteiger charge is 2.20. The lowest BCUT2D eigenvalue weighted by Gasteiger charge is -2.11. The summed E-state index contributed by atoms with van der Waals surface area (Å²) >= 11 is 0. The lowest BCUT2D eigenvalue weighted by molar-refractivity contribution is 1.18. The molecule has 5 heteroatoms. The van der Waals surface area contributed by atoms with Gasteiger partial charge in [0.2, 0.25) is 0 Å². The van der Waals surface area contributed by atoms with Gasteiger partial charge in [-0.15, -0.1) is 0 Å². The number of para-hydroxylation sites is 2. The Balaban J connectivity index is 1.73. The van der Waals surface area contributed by atoms with Crippen LogP contribution in [-0.2, 0) is 0 Å². The van der Waals surface area contributed by atoms with E-state index in [9.17, 15) is 0 Å². The van der Waals surface area contributed by atoms with Crippen LogP contribution in [0.15, 0.2) is 104 Å². The van der Waals surface area contributed by atoms with Crippen molar-refractivity contribution in [3.63, 3.8) is 0 Å². The summed E-state index contributed by atoms with van der Waals surface area (Å²) in [6.45, 7) is 0. The SMILES string of the molecule is c1ccc(-n2c3ccccc3c3c4c(ccc32)c2ccncc2n2c3ncccc3nc42)cc1. The van der Waals surface area contributed by atoms with Crippen molar-refractivity contribution in [1.82, 2.24) is 23.9 Å². The van der Waals surface area contributed by atoms with Gasteiger partial charge in [0, 0.05) is 39.6 Å². The number of hydrogen-bond acceptors (Lipinski definition) is 3. The monoisotopic (exact) mass is 435 g/mol. The number of fused-ring (bicyclic) bond motifs is 12. The third kappa shape index (κ3) is 2.16. The second-order valence-corrected chi connectivity index (χ2v) is 8.58. The first-order chi connectivity index (χ1) is 16.9. The molecule has 8 rings (SSSR count). The van der Waals surface area contributed by atoms with Gasteiger partial charge in [-0.25, -0.2) is 9.97 Å². The van der Waals surface area contributed by atoms with E-state index in [4.69, 9.17) is 4.98 Å². The molecule has 0 atom stereocenters. The Morgan fingerprint density at radius 2 is 1.44 bits per heavy atom. The van der Waals surface area contributed by atoms with Crippen molar-refractivity contribution in [1.29, 1.82) is 0 Å². The van der Waals surface area contributed by atoms with Gasteiger partial charge in [0.25, 0.3) is 0 Å². The zero-order valence-corrected chi connectivity index (χ0v) is 18.1. The predicted octanol–water partition coefficient (Wildman–Crippen LogP) is 6.68. The van der Waals surface area contributed by atoms with Crippen molar-refractivity contribution in [2.24, 2.45) is 0 Å². The summed E-state index contributed by atoms with van der Waals surface area (Å²) in [5.74, 6) is 0. The Hall–Kier alpha value is -4.77. The number of rotatable bonds is 1. The standard InChI is InChI=1S/C29H17N5/c1-2-7-18(8-3-1)33-23-11-5-4-9-21(23)26-24(33)13-12-20-19-14-16-30-17-25(19)34-28-22(10-6-15-31-28)32-29(34)27(20)26/h1-17H. The molecule has 0 aliphatic heterocycles. The maximum absolute atomic E-state index is 5.10. The number of aromatic nitrogens is 5. The Morgan fingerprint density at radius 3 is 2.38 bits per heavy atom. The minimum Gasteiger partial charge on any atom is -0.309 e. The van der Waals surface area contributed by atoms with Crippen LogP contribution in [0.2, 0.25) is 0 Å². The fraction of sp³-hybridized carbons (Fsp3) is 0. The van der Waals surface area contributed by atoms with Crippen molar-refractivity contribution >= 4 is 60.3 Å². The smallest absolute Gasteiger partial charge is 0.165 e. The van der Waals surface area contributed by atoms with Crippen molar-refractivity contribution in [3.05, 3.63) is 104 Å². The average Bonchev–Trinajstić information content (AvgIpc) is 3.45. The van der Waals surface area contributed by atoms with Gasteiger partial charge in [0.1, 0.15) is 11.2 Å². The van der Waals surface area contributed by atoms with Gasteiger partial charge >= 0.3 is 0 Å². The van der Waals surface area contributed by atoms with Gasteiger partial charge in [-0.05, 0) is 47.9 Å². The van der Waals surface area contributed by atoms with Crippen molar-refractivity contribution < 1.29 is 0 Å². The summed E-state index contributed by atoms with van der Waals surface area (Å²) < 4.78 is 4.51. The molecule has 158 valence electrons. The fourth-order valence-electron chi connectivity index (χ4n) is 5.47. The predicted molar refractivity (Wildman–Crippen MR) is 138 cm³/mol. The molecule has 0 radical (unpaired) electrons. The molecule has 5 aromatic heterocycles. The first kappa shape index (κ1) is 17.7. The molecule has 0 aliphatic carbocycles. The maximum atomic E-state index is 5.10. The number of benzene rings is 3. The Morgan fingerprint density at radius 1 is 0.559 bits per heavy atom. The number of hydrogen-bond donors (Lipinski definition) is 0. The molecule has 0 spiro atoms. The van der Waals surface area contributed by atoms with Gasteiger partial charge in [-0.2, -0.15) is 0 Å². The summed E-state index contributed by atoms with van der Waals surface area (Å²) in [5, 5.41) is 5.86. The molecule has 0 aliphatic rings. The van der Waals surface area contributed by atoms with Gasteiger partial charge in [-0.1, -0.05) is 42.5 Å². The second kappa shape index (κ2) is 6.39. The molecule has 8 aromatic rings. The topological polar surface area (TPSA) is 48.0 Å². The lowest BCUT2D eigenvalue weighted by Crippen LogP contribution is -1.95. The Kier molecular flexibility index (Phi) is 3.34. The molecule has 0 N–H and O–H groups in total.